The van der Waals surface area contributed by atoms with Gasteiger partial charge < -0.3 is 15.7 Å². The zero-order valence-corrected chi connectivity index (χ0v) is 12.5. The summed E-state index contributed by atoms with van der Waals surface area (Å²) in [5.74, 6) is -0.834. The molecule has 3 unspecified atom stereocenters. The van der Waals surface area contributed by atoms with Gasteiger partial charge in [-0.25, -0.2) is 4.79 Å². The molecule has 1 saturated carbocycles. The molecule has 3 N–H and O–H groups in total. The van der Waals surface area contributed by atoms with Crippen molar-refractivity contribution in [2.75, 3.05) is 0 Å². The highest BCUT2D eigenvalue weighted by Crippen LogP contribution is 2.38. The third-order valence-electron chi connectivity index (χ3n) is 4.40. The molecule has 0 heterocycles. The van der Waals surface area contributed by atoms with Gasteiger partial charge in [-0.1, -0.05) is 27.2 Å². The molecule has 1 fully saturated rings. The lowest BCUT2D eigenvalue weighted by atomic mass is 9.85. The molecule has 0 aromatic rings. The van der Waals surface area contributed by atoms with Crippen LogP contribution >= 0.6 is 0 Å². The van der Waals surface area contributed by atoms with Gasteiger partial charge in [0, 0.05) is 12.1 Å². The smallest absolute Gasteiger partial charge is 0.315 e. The molecule has 1 aliphatic rings. The van der Waals surface area contributed by atoms with Gasteiger partial charge in [0.05, 0.1) is 5.41 Å². The van der Waals surface area contributed by atoms with Crippen LogP contribution in [0.5, 0.6) is 0 Å². The molecule has 0 spiro atoms. The number of nitrogens with one attached hydrogen (secondary N) is 2. The SMILES string of the molecule is CC(NC(=O)NC1CCCC1(C)C(=O)O)C(C)(C)C. The first-order valence-electron chi connectivity index (χ1n) is 6.88. The lowest BCUT2D eigenvalue weighted by Gasteiger charge is -2.31. The summed E-state index contributed by atoms with van der Waals surface area (Å²) < 4.78 is 0. The Morgan fingerprint density at radius 2 is 1.95 bits per heavy atom. The van der Waals surface area contributed by atoms with E-state index < -0.39 is 11.4 Å². The van der Waals surface area contributed by atoms with Crippen molar-refractivity contribution in [3.8, 4) is 0 Å². The van der Waals surface area contributed by atoms with E-state index in [4.69, 9.17) is 0 Å². The van der Waals surface area contributed by atoms with Crippen LogP contribution in [0.3, 0.4) is 0 Å². The van der Waals surface area contributed by atoms with Crippen molar-refractivity contribution in [1.82, 2.24) is 10.6 Å². The Balaban J connectivity index is 2.60. The highest BCUT2D eigenvalue weighted by atomic mass is 16.4. The van der Waals surface area contributed by atoms with Gasteiger partial charge in [-0.3, -0.25) is 4.79 Å². The van der Waals surface area contributed by atoms with Crippen LogP contribution in [-0.2, 0) is 4.79 Å². The monoisotopic (exact) mass is 270 g/mol. The molecule has 5 nitrogen and oxygen atoms in total. The number of rotatable bonds is 3. The molecule has 1 rings (SSSR count). The topological polar surface area (TPSA) is 78.4 Å². The zero-order valence-electron chi connectivity index (χ0n) is 12.5. The van der Waals surface area contributed by atoms with Crippen molar-refractivity contribution >= 4 is 12.0 Å². The molecule has 0 aromatic heterocycles. The number of aliphatic carboxylic acids is 1. The van der Waals surface area contributed by atoms with Crippen LogP contribution in [-0.4, -0.2) is 29.2 Å². The van der Waals surface area contributed by atoms with Crippen LogP contribution < -0.4 is 10.6 Å². The molecule has 2 amide bonds. The molecule has 1 aliphatic carbocycles. The number of hydrogen-bond donors (Lipinski definition) is 3. The largest absolute Gasteiger partial charge is 0.481 e. The van der Waals surface area contributed by atoms with Crippen LogP contribution in [0.25, 0.3) is 0 Å². The van der Waals surface area contributed by atoms with Crippen molar-refractivity contribution in [2.24, 2.45) is 10.8 Å². The van der Waals surface area contributed by atoms with E-state index in [2.05, 4.69) is 31.4 Å². The first kappa shape index (κ1) is 15.8. The maximum absolute atomic E-state index is 12.0. The lowest BCUT2D eigenvalue weighted by molar-refractivity contribution is -0.148. The minimum absolute atomic E-state index is 0.0185. The van der Waals surface area contributed by atoms with Crippen LogP contribution in [0.4, 0.5) is 4.79 Å². The summed E-state index contributed by atoms with van der Waals surface area (Å²) in [7, 11) is 0. The molecular weight excluding hydrogens is 244 g/mol. The van der Waals surface area contributed by atoms with Gasteiger partial charge >= 0.3 is 12.0 Å². The zero-order chi connectivity index (χ0) is 14.8. The minimum atomic E-state index is -0.845. The second kappa shape index (κ2) is 5.39. The number of carbonyl (C=O) groups is 2. The maximum Gasteiger partial charge on any atom is 0.315 e. The fraction of sp³-hybridized carbons (Fsp3) is 0.857. The van der Waals surface area contributed by atoms with Gasteiger partial charge in [-0.05, 0) is 32.1 Å². The summed E-state index contributed by atoms with van der Waals surface area (Å²) in [6.07, 6.45) is 2.17. The van der Waals surface area contributed by atoms with Crippen molar-refractivity contribution in [1.29, 1.82) is 0 Å². The van der Waals surface area contributed by atoms with Gasteiger partial charge in [0.15, 0.2) is 0 Å². The van der Waals surface area contributed by atoms with E-state index in [9.17, 15) is 14.7 Å². The average Bonchev–Trinajstić information content (AvgIpc) is 2.60. The Bertz CT molecular complexity index is 362. The van der Waals surface area contributed by atoms with Crippen molar-refractivity contribution in [3.63, 3.8) is 0 Å². The third-order valence-corrected chi connectivity index (χ3v) is 4.40. The van der Waals surface area contributed by atoms with E-state index >= 15 is 0 Å². The fourth-order valence-electron chi connectivity index (χ4n) is 2.27. The summed E-state index contributed by atoms with van der Waals surface area (Å²) in [6.45, 7) is 9.81. The fourth-order valence-corrected chi connectivity index (χ4v) is 2.27. The molecule has 0 aromatic carbocycles. The summed E-state index contributed by atoms with van der Waals surface area (Å²) in [4.78, 5) is 23.3. The second-order valence-electron chi connectivity index (χ2n) is 6.87. The minimum Gasteiger partial charge on any atom is -0.481 e. The van der Waals surface area contributed by atoms with Gasteiger partial charge in [0.2, 0.25) is 0 Å². The summed E-state index contributed by atoms with van der Waals surface area (Å²) in [6, 6.07) is -0.552. The Labute approximate surface area is 115 Å². The Morgan fingerprint density at radius 3 is 2.42 bits per heavy atom. The Hall–Kier alpha value is -1.26. The second-order valence-corrected chi connectivity index (χ2v) is 6.87. The molecule has 3 atom stereocenters. The van der Waals surface area contributed by atoms with E-state index in [1.54, 1.807) is 6.92 Å². The molecule has 0 bridgehead atoms. The molecule has 19 heavy (non-hydrogen) atoms. The summed E-state index contributed by atoms with van der Waals surface area (Å²) in [5.41, 5.74) is -0.870. The third kappa shape index (κ3) is 3.61. The first-order chi connectivity index (χ1) is 8.57. The maximum atomic E-state index is 12.0. The summed E-state index contributed by atoms with van der Waals surface area (Å²) in [5, 5.41) is 15.0. The van der Waals surface area contributed by atoms with E-state index in [0.29, 0.717) is 6.42 Å². The van der Waals surface area contributed by atoms with Gasteiger partial charge in [0.1, 0.15) is 0 Å². The predicted molar refractivity (Wildman–Crippen MR) is 74.0 cm³/mol. The molecule has 0 aliphatic heterocycles. The van der Waals surface area contributed by atoms with Crippen molar-refractivity contribution in [2.45, 2.75) is 66.0 Å². The van der Waals surface area contributed by atoms with Crippen LogP contribution in [0.1, 0.15) is 53.9 Å². The van der Waals surface area contributed by atoms with Crippen LogP contribution in [0.15, 0.2) is 0 Å². The van der Waals surface area contributed by atoms with E-state index in [1.807, 2.05) is 6.92 Å². The number of hydrogen-bond acceptors (Lipinski definition) is 2. The highest BCUT2D eigenvalue weighted by molar-refractivity contribution is 5.79. The Morgan fingerprint density at radius 1 is 1.37 bits per heavy atom. The lowest BCUT2D eigenvalue weighted by Crippen LogP contribution is -2.53. The van der Waals surface area contributed by atoms with E-state index in [-0.39, 0.29) is 23.5 Å². The number of carboxylic acid groups (broad SMARTS) is 1. The molecule has 110 valence electrons. The molecule has 0 saturated heterocycles. The van der Waals surface area contributed by atoms with Gasteiger partial charge in [0.25, 0.3) is 0 Å². The van der Waals surface area contributed by atoms with Crippen LogP contribution in [0, 0.1) is 10.8 Å². The number of amides is 2. The summed E-state index contributed by atoms with van der Waals surface area (Å²) >= 11 is 0. The number of urea groups is 1. The number of carbonyl (C=O) groups excluding carboxylic acids is 1. The quantitative estimate of drug-likeness (QED) is 0.736. The standard InChI is InChI=1S/C14H26N2O3/c1-9(13(2,3)4)15-12(19)16-10-7-6-8-14(10,5)11(17)18/h9-10H,6-8H2,1-5H3,(H,17,18)(H2,15,16,19). The van der Waals surface area contributed by atoms with Crippen molar-refractivity contribution < 1.29 is 14.7 Å². The van der Waals surface area contributed by atoms with Gasteiger partial charge in [-0.2, -0.15) is 0 Å². The van der Waals surface area contributed by atoms with Crippen molar-refractivity contribution in [3.05, 3.63) is 0 Å². The van der Waals surface area contributed by atoms with Crippen LogP contribution in [0.2, 0.25) is 0 Å². The predicted octanol–water partition coefficient (Wildman–Crippen LogP) is 2.36. The van der Waals surface area contributed by atoms with E-state index in [1.165, 1.54) is 0 Å². The normalized spacial score (nSPS) is 28.8. The Kier molecular flexibility index (Phi) is 4.48. The number of carboxylic acids is 1. The van der Waals surface area contributed by atoms with E-state index in [0.717, 1.165) is 12.8 Å². The molecule has 5 heteroatoms. The molecule has 0 radical (unpaired) electrons. The average molecular weight is 270 g/mol. The first-order valence-corrected chi connectivity index (χ1v) is 6.88. The molecular formula is C14H26N2O3. The van der Waals surface area contributed by atoms with Gasteiger partial charge in [-0.15, -0.1) is 0 Å². The highest BCUT2D eigenvalue weighted by Gasteiger charge is 2.46.